The van der Waals surface area contributed by atoms with Crippen LogP contribution < -0.4 is 5.32 Å². The van der Waals surface area contributed by atoms with E-state index in [0.717, 1.165) is 32.8 Å². The number of aryl methyl sites for hydroxylation is 1. The van der Waals surface area contributed by atoms with Crippen molar-refractivity contribution in [3.63, 3.8) is 0 Å². The molecule has 0 aliphatic rings. The second-order valence-corrected chi connectivity index (χ2v) is 7.23. The molecule has 3 aromatic rings. The molecule has 4 nitrogen and oxygen atoms in total. The number of pyridine rings is 1. The van der Waals surface area contributed by atoms with Crippen molar-refractivity contribution in [3.8, 4) is 21.8 Å². The van der Waals surface area contributed by atoms with Crippen LogP contribution in [0.15, 0.2) is 85.3 Å². The highest BCUT2D eigenvalue weighted by Gasteiger charge is 2.18. The van der Waals surface area contributed by atoms with Crippen LogP contribution in [-0.2, 0) is 4.79 Å². The van der Waals surface area contributed by atoms with Gasteiger partial charge in [0.15, 0.2) is 0 Å². The van der Waals surface area contributed by atoms with E-state index in [1.54, 1.807) is 48.0 Å². The molecule has 1 aromatic carbocycles. The van der Waals surface area contributed by atoms with Crippen molar-refractivity contribution in [2.45, 2.75) is 6.92 Å². The van der Waals surface area contributed by atoms with Crippen LogP contribution in [0.4, 0.5) is 14.5 Å². The summed E-state index contributed by atoms with van der Waals surface area (Å²) >= 11 is 1.56. The monoisotopic (exact) mass is 409 g/mol. The van der Waals surface area contributed by atoms with E-state index in [0.29, 0.717) is 5.69 Å². The van der Waals surface area contributed by atoms with E-state index < -0.39 is 23.1 Å². The molecule has 0 atom stereocenters. The topological polar surface area (TPSA) is 54.9 Å². The van der Waals surface area contributed by atoms with Crippen LogP contribution in [0, 0.1) is 6.92 Å². The van der Waals surface area contributed by atoms with Crippen molar-refractivity contribution in [2.75, 3.05) is 5.32 Å². The van der Waals surface area contributed by atoms with E-state index in [2.05, 4.69) is 28.4 Å². The molecule has 0 fully saturated rings. The van der Waals surface area contributed by atoms with Gasteiger partial charge in [-0.2, -0.15) is 0 Å². The number of nitrogens with zero attached hydrogens (tertiary/aromatic N) is 2. The summed E-state index contributed by atoms with van der Waals surface area (Å²) < 4.78 is 27.1. The van der Waals surface area contributed by atoms with Gasteiger partial charge in [0.2, 0.25) is 0 Å². The third-order valence-electron chi connectivity index (χ3n) is 4.04. The van der Waals surface area contributed by atoms with Crippen molar-refractivity contribution in [2.24, 2.45) is 0 Å². The zero-order valence-electron chi connectivity index (χ0n) is 15.6. The van der Waals surface area contributed by atoms with E-state index in [1.807, 2.05) is 19.1 Å². The van der Waals surface area contributed by atoms with Gasteiger partial charge in [-0.1, -0.05) is 25.3 Å². The van der Waals surface area contributed by atoms with E-state index in [-0.39, 0.29) is 0 Å². The molecule has 0 spiro atoms. The summed E-state index contributed by atoms with van der Waals surface area (Å²) in [7, 11) is 0. The van der Waals surface area contributed by atoms with Crippen LogP contribution in [0.25, 0.3) is 21.8 Å². The number of nitrogens with one attached hydrogen (secondary N) is 1. The molecular formula is C22H17F2N3OS. The summed E-state index contributed by atoms with van der Waals surface area (Å²) in [5.74, 6) is -3.18. The number of anilines is 1. The molecule has 2 heterocycles. The zero-order valence-corrected chi connectivity index (χ0v) is 16.4. The maximum Gasteiger partial charge on any atom is 0.261 e. The Labute approximate surface area is 171 Å². The first-order valence-electron chi connectivity index (χ1n) is 8.57. The van der Waals surface area contributed by atoms with E-state index in [1.165, 1.54) is 0 Å². The molecule has 7 heteroatoms. The SMILES string of the molecule is C=CC(F)=C(C(=C)F)C(=O)Nc1ccc(-c2nc(-c3cccnc3)sc2C)cc1. The maximum absolute atomic E-state index is 13.7. The molecule has 146 valence electrons. The Morgan fingerprint density at radius 1 is 1.17 bits per heavy atom. The van der Waals surface area contributed by atoms with Crippen molar-refractivity contribution in [1.82, 2.24) is 9.97 Å². The number of aromatic nitrogens is 2. The predicted octanol–water partition coefficient (Wildman–Crippen LogP) is 6.01. The number of amides is 1. The Kier molecular flexibility index (Phi) is 6.09. The first kappa shape index (κ1) is 20.3. The van der Waals surface area contributed by atoms with Gasteiger partial charge in [-0.25, -0.2) is 13.8 Å². The van der Waals surface area contributed by atoms with Gasteiger partial charge in [0.25, 0.3) is 5.91 Å². The first-order chi connectivity index (χ1) is 13.9. The molecule has 0 bridgehead atoms. The molecule has 0 saturated heterocycles. The Bertz CT molecular complexity index is 1100. The number of thiazole rings is 1. The number of carbonyl (C=O) groups is 1. The molecule has 0 aliphatic carbocycles. The highest BCUT2D eigenvalue weighted by Crippen LogP contribution is 2.33. The van der Waals surface area contributed by atoms with E-state index in [4.69, 9.17) is 0 Å². The lowest BCUT2D eigenvalue weighted by Crippen LogP contribution is -2.15. The van der Waals surface area contributed by atoms with Gasteiger partial charge in [0.1, 0.15) is 22.2 Å². The quantitative estimate of drug-likeness (QED) is 0.401. The molecule has 29 heavy (non-hydrogen) atoms. The summed E-state index contributed by atoms with van der Waals surface area (Å²) in [6.45, 7) is 8.17. The number of hydrogen-bond donors (Lipinski definition) is 1. The van der Waals surface area contributed by atoms with Crippen molar-refractivity contribution in [3.05, 3.63) is 90.1 Å². The van der Waals surface area contributed by atoms with Gasteiger partial charge >= 0.3 is 0 Å². The normalized spacial score (nSPS) is 11.6. The predicted molar refractivity (Wildman–Crippen MR) is 113 cm³/mol. The molecule has 1 N–H and O–H groups in total. The number of carbonyl (C=O) groups excluding carboxylic acids is 1. The lowest BCUT2D eigenvalue weighted by atomic mass is 10.1. The second-order valence-electron chi connectivity index (χ2n) is 6.03. The zero-order chi connectivity index (χ0) is 21.0. The van der Waals surface area contributed by atoms with E-state index >= 15 is 0 Å². The van der Waals surface area contributed by atoms with Gasteiger partial charge in [0, 0.05) is 34.1 Å². The first-order valence-corrected chi connectivity index (χ1v) is 9.39. The number of hydrogen-bond acceptors (Lipinski definition) is 4. The maximum atomic E-state index is 13.7. The number of allylic oxidation sites excluding steroid dienone is 2. The average Bonchev–Trinajstić information content (AvgIpc) is 3.10. The summed E-state index contributed by atoms with van der Waals surface area (Å²) in [5.41, 5.74) is 2.22. The molecule has 3 rings (SSSR count). The minimum atomic E-state index is -1.17. The molecule has 0 radical (unpaired) electrons. The van der Waals surface area contributed by atoms with Crippen LogP contribution >= 0.6 is 11.3 Å². The number of benzene rings is 1. The summed E-state index contributed by atoms with van der Waals surface area (Å²) in [6, 6.07) is 10.6. The summed E-state index contributed by atoms with van der Waals surface area (Å²) in [4.78, 5) is 22.0. The minimum absolute atomic E-state index is 0.384. The van der Waals surface area contributed by atoms with Crippen molar-refractivity contribution in [1.29, 1.82) is 0 Å². The Hall–Kier alpha value is -3.45. The molecule has 1 amide bonds. The summed E-state index contributed by atoms with van der Waals surface area (Å²) in [6.07, 6.45) is 4.22. The molecule has 2 aromatic heterocycles. The fourth-order valence-corrected chi connectivity index (χ4v) is 3.57. The molecule has 0 saturated carbocycles. The van der Waals surface area contributed by atoms with Crippen molar-refractivity contribution >= 4 is 22.9 Å². The third kappa shape index (κ3) is 4.52. The highest BCUT2D eigenvalue weighted by molar-refractivity contribution is 7.15. The Morgan fingerprint density at radius 2 is 1.90 bits per heavy atom. The van der Waals surface area contributed by atoms with Gasteiger partial charge in [-0.15, -0.1) is 11.3 Å². The molecular weight excluding hydrogens is 392 g/mol. The standard InChI is InChI=1S/C22H17F2N3OS/c1-4-18(24)19(13(2)23)21(28)26-17-9-7-15(8-10-17)20-14(3)29-22(27-20)16-6-5-11-25-12-16/h4-12H,1-2H2,3H3,(H,26,28). The van der Waals surface area contributed by atoms with Crippen LogP contribution in [0.1, 0.15) is 4.88 Å². The number of rotatable bonds is 6. The average molecular weight is 409 g/mol. The lowest BCUT2D eigenvalue weighted by molar-refractivity contribution is -0.112. The van der Waals surface area contributed by atoms with Gasteiger partial charge in [-0.3, -0.25) is 9.78 Å². The van der Waals surface area contributed by atoms with Crippen molar-refractivity contribution < 1.29 is 13.6 Å². The van der Waals surface area contributed by atoms with Gasteiger partial charge in [0.05, 0.1) is 5.69 Å². The number of halogens is 2. The summed E-state index contributed by atoms with van der Waals surface area (Å²) in [5, 5.41) is 3.31. The Balaban J connectivity index is 1.83. The smallest absolute Gasteiger partial charge is 0.261 e. The Morgan fingerprint density at radius 3 is 2.48 bits per heavy atom. The van der Waals surface area contributed by atoms with Crippen LogP contribution in [0.3, 0.4) is 0 Å². The lowest BCUT2D eigenvalue weighted by Gasteiger charge is -2.08. The third-order valence-corrected chi connectivity index (χ3v) is 5.06. The van der Waals surface area contributed by atoms with Gasteiger partial charge in [-0.05, 0) is 37.3 Å². The van der Waals surface area contributed by atoms with Crippen LogP contribution in [0.5, 0.6) is 0 Å². The fraction of sp³-hybridized carbons (Fsp3) is 0.0455. The molecule has 0 unspecified atom stereocenters. The van der Waals surface area contributed by atoms with Crippen LogP contribution in [-0.4, -0.2) is 15.9 Å². The second kappa shape index (κ2) is 8.70. The van der Waals surface area contributed by atoms with E-state index in [9.17, 15) is 13.6 Å². The minimum Gasteiger partial charge on any atom is -0.322 e. The van der Waals surface area contributed by atoms with Crippen LogP contribution in [0.2, 0.25) is 0 Å². The largest absolute Gasteiger partial charge is 0.322 e. The molecule has 0 aliphatic heterocycles. The fourth-order valence-electron chi connectivity index (χ4n) is 2.65. The highest BCUT2D eigenvalue weighted by atomic mass is 32.1. The van der Waals surface area contributed by atoms with Gasteiger partial charge < -0.3 is 5.32 Å².